The number of hydrogen-bond acceptors (Lipinski definition) is 2. The van der Waals surface area contributed by atoms with Crippen molar-refractivity contribution >= 4 is 39.1 Å². The fourth-order valence-corrected chi connectivity index (χ4v) is 3.58. The molecule has 1 unspecified atom stereocenters. The van der Waals surface area contributed by atoms with Crippen LogP contribution < -0.4 is 11.1 Å². The van der Waals surface area contributed by atoms with E-state index < -0.39 is 5.54 Å². The predicted octanol–water partition coefficient (Wildman–Crippen LogP) is 3.84. The van der Waals surface area contributed by atoms with Gasteiger partial charge < -0.3 is 11.1 Å². The molecule has 0 radical (unpaired) electrons. The lowest BCUT2D eigenvalue weighted by Crippen LogP contribution is -2.46. The number of carbonyl (C=O) groups is 1. The summed E-state index contributed by atoms with van der Waals surface area (Å²) in [4.78, 5) is 12.2. The molecule has 0 saturated heterocycles. The highest BCUT2D eigenvalue weighted by molar-refractivity contribution is 9.10. The number of primary amides is 1. The maximum atomic E-state index is 12.2. The Bertz CT molecular complexity index is 702. The molecular formula is C16H14BrClN2O. The van der Waals surface area contributed by atoms with Gasteiger partial charge in [-0.05, 0) is 54.3 Å². The van der Waals surface area contributed by atoms with Crippen molar-refractivity contribution in [3.63, 3.8) is 0 Å². The topological polar surface area (TPSA) is 55.1 Å². The van der Waals surface area contributed by atoms with Crippen LogP contribution in [0.4, 0.5) is 5.69 Å². The van der Waals surface area contributed by atoms with Crippen molar-refractivity contribution in [2.45, 2.75) is 18.4 Å². The van der Waals surface area contributed by atoms with Gasteiger partial charge >= 0.3 is 0 Å². The zero-order chi connectivity index (χ0) is 15.0. The molecule has 2 aromatic carbocycles. The second kappa shape index (κ2) is 5.35. The molecule has 0 aliphatic heterocycles. The normalized spacial score (nSPS) is 20.1. The van der Waals surface area contributed by atoms with Crippen LogP contribution in [0.3, 0.4) is 0 Å². The molecule has 0 aromatic heterocycles. The van der Waals surface area contributed by atoms with Gasteiger partial charge in [0.05, 0.1) is 0 Å². The predicted molar refractivity (Wildman–Crippen MR) is 88.4 cm³/mol. The average Bonchev–Trinajstić information content (AvgIpc) is 2.83. The first kappa shape index (κ1) is 14.4. The van der Waals surface area contributed by atoms with Crippen LogP contribution in [0.15, 0.2) is 46.9 Å². The number of hydrogen-bond donors (Lipinski definition) is 2. The summed E-state index contributed by atoms with van der Waals surface area (Å²) in [5.41, 5.74) is 7.77. The zero-order valence-corrected chi connectivity index (χ0v) is 13.5. The third kappa shape index (κ3) is 2.43. The van der Waals surface area contributed by atoms with Gasteiger partial charge in [0, 0.05) is 15.2 Å². The van der Waals surface area contributed by atoms with E-state index >= 15 is 0 Å². The standard InChI is InChI=1S/C16H14BrClN2O/c17-14-3-1-2-13-12(14)8-9-16(13,15(19)21)20-11-6-4-10(18)5-7-11/h1-7,20H,8-9H2,(H2,19,21). The van der Waals surface area contributed by atoms with E-state index in [1.165, 1.54) is 0 Å². The van der Waals surface area contributed by atoms with Crippen LogP contribution in [0.25, 0.3) is 0 Å². The Morgan fingerprint density at radius 2 is 1.95 bits per heavy atom. The van der Waals surface area contributed by atoms with Gasteiger partial charge in [-0.1, -0.05) is 39.7 Å². The molecule has 2 aromatic rings. The van der Waals surface area contributed by atoms with Gasteiger partial charge in [-0.25, -0.2) is 0 Å². The van der Waals surface area contributed by atoms with E-state index in [9.17, 15) is 4.79 Å². The highest BCUT2D eigenvalue weighted by Crippen LogP contribution is 2.42. The number of amides is 1. The summed E-state index contributed by atoms with van der Waals surface area (Å²) in [7, 11) is 0. The van der Waals surface area contributed by atoms with E-state index in [1.54, 1.807) is 12.1 Å². The van der Waals surface area contributed by atoms with Crippen LogP contribution in [0.2, 0.25) is 5.02 Å². The minimum atomic E-state index is -0.868. The third-order valence-electron chi connectivity index (χ3n) is 3.95. The molecule has 3 nitrogen and oxygen atoms in total. The van der Waals surface area contributed by atoms with Crippen LogP contribution in [0, 0.1) is 0 Å². The molecule has 21 heavy (non-hydrogen) atoms. The molecule has 108 valence electrons. The van der Waals surface area contributed by atoms with E-state index in [2.05, 4.69) is 21.2 Å². The second-order valence-electron chi connectivity index (χ2n) is 5.17. The number of fused-ring (bicyclic) bond motifs is 1. The molecule has 0 saturated carbocycles. The van der Waals surface area contributed by atoms with Crippen LogP contribution in [-0.4, -0.2) is 5.91 Å². The SMILES string of the molecule is NC(=O)C1(Nc2ccc(Cl)cc2)CCc2c(Br)cccc21. The first-order chi connectivity index (χ1) is 10.0. The minimum Gasteiger partial charge on any atom is -0.368 e. The largest absolute Gasteiger partial charge is 0.368 e. The zero-order valence-electron chi connectivity index (χ0n) is 11.2. The fraction of sp³-hybridized carbons (Fsp3) is 0.188. The summed E-state index contributed by atoms with van der Waals surface area (Å²) in [6, 6.07) is 13.1. The van der Waals surface area contributed by atoms with Crippen LogP contribution >= 0.6 is 27.5 Å². The maximum Gasteiger partial charge on any atom is 0.247 e. The Balaban J connectivity index is 2.06. The summed E-state index contributed by atoms with van der Waals surface area (Å²) < 4.78 is 1.01. The summed E-state index contributed by atoms with van der Waals surface area (Å²) in [6.45, 7) is 0. The highest BCUT2D eigenvalue weighted by atomic mass is 79.9. The summed E-state index contributed by atoms with van der Waals surface area (Å²) in [5, 5.41) is 3.97. The number of anilines is 1. The van der Waals surface area contributed by atoms with Gasteiger partial charge in [0.25, 0.3) is 0 Å². The molecule has 1 aliphatic carbocycles. The smallest absolute Gasteiger partial charge is 0.247 e. The lowest BCUT2D eigenvalue weighted by atomic mass is 9.90. The molecule has 0 fully saturated rings. The first-order valence-electron chi connectivity index (χ1n) is 6.64. The van der Waals surface area contributed by atoms with Gasteiger partial charge in [-0.2, -0.15) is 0 Å². The highest BCUT2D eigenvalue weighted by Gasteiger charge is 2.44. The van der Waals surface area contributed by atoms with Gasteiger partial charge in [0.2, 0.25) is 5.91 Å². The number of nitrogens with two attached hydrogens (primary N) is 1. The second-order valence-corrected chi connectivity index (χ2v) is 6.46. The Morgan fingerprint density at radius 3 is 2.62 bits per heavy atom. The van der Waals surface area contributed by atoms with Gasteiger partial charge in [0.15, 0.2) is 0 Å². The van der Waals surface area contributed by atoms with Gasteiger partial charge in [-0.3, -0.25) is 4.79 Å². The Hall–Kier alpha value is -1.52. The van der Waals surface area contributed by atoms with Crippen LogP contribution in [0.5, 0.6) is 0 Å². The molecule has 0 spiro atoms. The van der Waals surface area contributed by atoms with Gasteiger partial charge in [0.1, 0.15) is 5.54 Å². The Labute approximate surface area is 136 Å². The van der Waals surface area contributed by atoms with E-state index in [1.807, 2.05) is 30.3 Å². The van der Waals surface area contributed by atoms with E-state index in [4.69, 9.17) is 17.3 Å². The molecule has 1 aliphatic rings. The Morgan fingerprint density at radius 1 is 1.24 bits per heavy atom. The van der Waals surface area contributed by atoms with Crippen molar-refractivity contribution < 1.29 is 4.79 Å². The van der Waals surface area contributed by atoms with E-state index in [-0.39, 0.29) is 5.91 Å². The van der Waals surface area contributed by atoms with E-state index in [0.29, 0.717) is 11.4 Å². The molecule has 0 heterocycles. The summed E-state index contributed by atoms with van der Waals surface area (Å²) >= 11 is 9.45. The average molecular weight is 366 g/mol. The van der Waals surface area contributed by atoms with Crippen LogP contribution in [-0.2, 0) is 16.8 Å². The van der Waals surface area contributed by atoms with Gasteiger partial charge in [-0.15, -0.1) is 0 Å². The molecule has 1 amide bonds. The summed E-state index contributed by atoms with van der Waals surface area (Å²) in [5.74, 6) is -0.366. The Kier molecular flexibility index (Phi) is 3.68. The molecule has 5 heteroatoms. The molecule has 3 rings (SSSR count). The van der Waals surface area contributed by atoms with Crippen molar-refractivity contribution in [2.75, 3.05) is 5.32 Å². The number of halogens is 2. The quantitative estimate of drug-likeness (QED) is 0.868. The number of benzene rings is 2. The number of carbonyl (C=O) groups excluding carboxylic acids is 1. The fourth-order valence-electron chi connectivity index (χ4n) is 2.89. The molecule has 0 bridgehead atoms. The number of nitrogens with one attached hydrogen (secondary N) is 1. The molecule has 1 atom stereocenters. The monoisotopic (exact) mass is 364 g/mol. The minimum absolute atomic E-state index is 0.366. The van der Waals surface area contributed by atoms with Crippen molar-refractivity contribution in [3.8, 4) is 0 Å². The first-order valence-corrected chi connectivity index (χ1v) is 7.81. The van der Waals surface area contributed by atoms with Crippen LogP contribution in [0.1, 0.15) is 17.5 Å². The van der Waals surface area contributed by atoms with Crippen molar-refractivity contribution in [2.24, 2.45) is 5.73 Å². The van der Waals surface area contributed by atoms with Crippen molar-refractivity contribution in [1.29, 1.82) is 0 Å². The van der Waals surface area contributed by atoms with Crippen molar-refractivity contribution in [3.05, 3.63) is 63.1 Å². The molecular weight excluding hydrogens is 352 g/mol. The summed E-state index contributed by atoms with van der Waals surface area (Å²) in [6.07, 6.45) is 1.45. The van der Waals surface area contributed by atoms with E-state index in [0.717, 1.165) is 27.7 Å². The molecule has 3 N–H and O–H groups in total. The lowest BCUT2D eigenvalue weighted by Gasteiger charge is -2.29. The van der Waals surface area contributed by atoms with Crippen molar-refractivity contribution in [1.82, 2.24) is 0 Å². The third-order valence-corrected chi connectivity index (χ3v) is 4.95. The lowest BCUT2D eigenvalue weighted by molar-refractivity contribution is -0.122. The number of rotatable bonds is 3. The maximum absolute atomic E-state index is 12.2.